The normalized spacial score (nSPS) is 33.7. The van der Waals surface area contributed by atoms with Gasteiger partial charge < -0.3 is 0 Å². The van der Waals surface area contributed by atoms with Crippen molar-refractivity contribution in [2.45, 2.75) is 84.0 Å². The lowest BCUT2D eigenvalue weighted by Gasteiger charge is -2.38. The molecule has 0 spiro atoms. The van der Waals surface area contributed by atoms with Gasteiger partial charge in [0.2, 0.25) is 0 Å². The minimum Gasteiger partial charge on any atom is -0.174 e. The van der Waals surface area contributed by atoms with E-state index in [1.165, 1.54) is 64.2 Å². The van der Waals surface area contributed by atoms with Gasteiger partial charge in [0.15, 0.2) is 0 Å². The summed E-state index contributed by atoms with van der Waals surface area (Å²) in [6.07, 6.45) is 15.0. The third kappa shape index (κ3) is 5.71. The standard InChI is InChI=1S/C19H32F2/c1-2-4-15-7-11-17(12-8-15)18-13-9-16(10-14-18)5-3-6-19(20)21/h6,15-18H,2-5,7-14H2,1H3/t15-,16?,17-,18?. The fourth-order valence-electron chi connectivity index (χ4n) is 4.73. The zero-order valence-electron chi connectivity index (χ0n) is 13.6. The van der Waals surface area contributed by atoms with Crippen LogP contribution in [-0.4, -0.2) is 0 Å². The molecule has 0 aromatic heterocycles. The summed E-state index contributed by atoms with van der Waals surface area (Å²) in [4.78, 5) is 0. The van der Waals surface area contributed by atoms with Crippen molar-refractivity contribution in [1.29, 1.82) is 0 Å². The van der Waals surface area contributed by atoms with E-state index in [-0.39, 0.29) is 0 Å². The van der Waals surface area contributed by atoms with Gasteiger partial charge in [0.05, 0.1) is 0 Å². The Hall–Kier alpha value is -0.400. The Bertz CT molecular complexity index is 304. The van der Waals surface area contributed by atoms with Crippen molar-refractivity contribution in [3.63, 3.8) is 0 Å². The summed E-state index contributed by atoms with van der Waals surface area (Å²) < 4.78 is 24.1. The van der Waals surface area contributed by atoms with E-state index in [9.17, 15) is 8.78 Å². The van der Waals surface area contributed by atoms with Crippen LogP contribution in [0.3, 0.4) is 0 Å². The molecule has 2 saturated carbocycles. The highest BCUT2D eigenvalue weighted by Crippen LogP contribution is 2.42. The molecule has 0 heterocycles. The fraction of sp³-hybridized carbons (Fsp3) is 0.895. The molecule has 2 aliphatic rings. The number of halogens is 2. The number of allylic oxidation sites excluding steroid dienone is 1. The molecule has 2 fully saturated rings. The minimum atomic E-state index is -1.51. The van der Waals surface area contributed by atoms with E-state index in [4.69, 9.17) is 0 Å². The Morgan fingerprint density at radius 1 is 0.810 bits per heavy atom. The summed E-state index contributed by atoms with van der Waals surface area (Å²) >= 11 is 0. The maximum absolute atomic E-state index is 12.0. The molecule has 0 atom stereocenters. The summed E-state index contributed by atoms with van der Waals surface area (Å²) in [6, 6.07) is 0. The van der Waals surface area contributed by atoms with Crippen molar-refractivity contribution in [3.05, 3.63) is 12.2 Å². The fourth-order valence-corrected chi connectivity index (χ4v) is 4.73. The molecule has 0 N–H and O–H groups in total. The van der Waals surface area contributed by atoms with E-state index in [1.54, 1.807) is 0 Å². The summed E-state index contributed by atoms with van der Waals surface area (Å²) in [5.41, 5.74) is 0. The maximum atomic E-state index is 12.0. The molecule has 21 heavy (non-hydrogen) atoms. The molecule has 0 aromatic rings. The van der Waals surface area contributed by atoms with Gasteiger partial charge in [-0.3, -0.25) is 0 Å². The highest BCUT2D eigenvalue weighted by molar-refractivity contribution is 4.85. The predicted octanol–water partition coefficient (Wildman–Crippen LogP) is 6.96. The van der Waals surface area contributed by atoms with E-state index in [0.29, 0.717) is 12.3 Å². The first kappa shape index (κ1) is 17.0. The SMILES string of the molecule is CCC[C@H]1CC[C@H](C2CCC(CCC=C(F)F)CC2)CC1. The summed E-state index contributed by atoms with van der Waals surface area (Å²) in [6.45, 7) is 2.30. The van der Waals surface area contributed by atoms with Crippen LogP contribution in [-0.2, 0) is 0 Å². The highest BCUT2D eigenvalue weighted by atomic mass is 19.3. The van der Waals surface area contributed by atoms with E-state index >= 15 is 0 Å². The second-order valence-electron chi connectivity index (χ2n) is 7.42. The molecule has 2 aliphatic carbocycles. The molecule has 122 valence electrons. The Balaban J connectivity index is 1.64. The molecule has 0 nitrogen and oxygen atoms in total. The van der Waals surface area contributed by atoms with Gasteiger partial charge >= 0.3 is 0 Å². The number of rotatable bonds is 6. The molecular weight excluding hydrogens is 266 g/mol. The van der Waals surface area contributed by atoms with E-state index in [1.807, 2.05) is 0 Å². The molecule has 0 bridgehead atoms. The van der Waals surface area contributed by atoms with Gasteiger partial charge in [-0.1, -0.05) is 45.4 Å². The van der Waals surface area contributed by atoms with Gasteiger partial charge in [0.1, 0.15) is 0 Å². The second-order valence-corrected chi connectivity index (χ2v) is 7.42. The Labute approximate surface area is 129 Å². The molecule has 0 saturated heterocycles. The van der Waals surface area contributed by atoms with Crippen molar-refractivity contribution in [1.82, 2.24) is 0 Å². The largest absolute Gasteiger partial charge is 0.266 e. The molecule has 0 radical (unpaired) electrons. The van der Waals surface area contributed by atoms with Gasteiger partial charge in [-0.25, -0.2) is 0 Å². The van der Waals surface area contributed by atoms with Crippen molar-refractivity contribution < 1.29 is 8.78 Å². The van der Waals surface area contributed by atoms with Crippen LogP contribution in [0.2, 0.25) is 0 Å². The van der Waals surface area contributed by atoms with Crippen molar-refractivity contribution >= 4 is 0 Å². The quantitative estimate of drug-likeness (QED) is 0.497. The van der Waals surface area contributed by atoms with Gasteiger partial charge in [-0.15, -0.1) is 0 Å². The van der Waals surface area contributed by atoms with Crippen LogP contribution in [0.1, 0.15) is 84.0 Å². The molecule has 2 heteroatoms. The van der Waals surface area contributed by atoms with Crippen molar-refractivity contribution in [2.24, 2.45) is 23.7 Å². The molecule has 0 aromatic carbocycles. The van der Waals surface area contributed by atoms with Crippen molar-refractivity contribution in [2.75, 3.05) is 0 Å². The smallest absolute Gasteiger partial charge is 0.174 e. The van der Waals surface area contributed by atoms with Crippen molar-refractivity contribution in [3.8, 4) is 0 Å². The lowest BCUT2D eigenvalue weighted by Crippen LogP contribution is -2.25. The van der Waals surface area contributed by atoms with Crippen LogP contribution < -0.4 is 0 Å². The van der Waals surface area contributed by atoms with Crippen LogP contribution >= 0.6 is 0 Å². The first-order chi connectivity index (χ1) is 10.2. The minimum absolute atomic E-state index is 0.569. The number of hydrogen-bond acceptors (Lipinski definition) is 0. The third-order valence-corrected chi connectivity index (χ3v) is 6.02. The van der Waals surface area contributed by atoms with Crippen LogP contribution in [0.5, 0.6) is 0 Å². The Morgan fingerprint density at radius 3 is 1.71 bits per heavy atom. The third-order valence-electron chi connectivity index (χ3n) is 6.02. The van der Waals surface area contributed by atoms with Crippen LogP contribution in [0.4, 0.5) is 8.78 Å². The van der Waals surface area contributed by atoms with Crippen LogP contribution in [0, 0.1) is 23.7 Å². The van der Waals surface area contributed by atoms with Gasteiger partial charge in [0.25, 0.3) is 6.08 Å². The first-order valence-electron chi connectivity index (χ1n) is 9.20. The van der Waals surface area contributed by atoms with Crippen LogP contribution in [0.25, 0.3) is 0 Å². The predicted molar refractivity (Wildman–Crippen MR) is 85.3 cm³/mol. The zero-order valence-corrected chi connectivity index (χ0v) is 13.6. The molecule has 0 aliphatic heterocycles. The topological polar surface area (TPSA) is 0 Å². The average Bonchev–Trinajstić information content (AvgIpc) is 2.49. The average molecular weight is 298 g/mol. The lowest BCUT2D eigenvalue weighted by molar-refractivity contribution is 0.141. The molecule has 0 unspecified atom stereocenters. The monoisotopic (exact) mass is 298 g/mol. The summed E-state index contributed by atoms with van der Waals surface area (Å²) in [7, 11) is 0. The summed E-state index contributed by atoms with van der Waals surface area (Å²) in [5.74, 6) is 3.62. The molecular formula is C19H32F2. The zero-order chi connectivity index (χ0) is 15.1. The van der Waals surface area contributed by atoms with E-state index in [0.717, 1.165) is 30.3 Å². The van der Waals surface area contributed by atoms with Gasteiger partial charge in [0, 0.05) is 0 Å². The highest BCUT2D eigenvalue weighted by Gasteiger charge is 2.30. The maximum Gasteiger partial charge on any atom is 0.266 e. The summed E-state index contributed by atoms with van der Waals surface area (Å²) in [5, 5.41) is 0. The second kappa shape index (κ2) is 8.90. The van der Waals surface area contributed by atoms with Crippen LogP contribution in [0.15, 0.2) is 12.2 Å². The lowest BCUT2D eigenvalue weighted by atomic mass is 9.68. The van der Waals surface area contributed by atoms with E-state index < -0.39 is 6.08 Å². The van der Waals surface area contributed by atoms with Gasteiger partial charge in [-0.2, -0.15) is 8.78 Å². The first-order valence-corrected chi connectivity index (χ1v) is 9.20. The Kier molecular flexibility index (Phi) is 7.19. The number of hydrogen-bond donors (Lipinski definition) is 0. The molecule has 2 rings (SSSR count). The molecule has 0 amide bonds. The Morgan fingerprint density at radius 2 is 1.29 bits per heavy atom. The van der Waals surface area contributed by atoms with E-state index in [2.05, 4.69) is 6.92 Å². The van der Waals surface area contributed by atoms with Gasteiger partial charge in [-0.05, 0) is 68.3 Å².